The molecule has 17 heavy (non-hydrogen) atoms. The van der Waals surface area contributed by atoms with Gasteiger partial charge in [-0.2, -0.15) is 0 Å². The third kappa shape index (κ3) is 2.60. The van der Waals surface area contributed by atoms with E-state index in [-0.39, 0.29) is 6.67 Å². The van der Waals surface area contributed by atoms with E-state index in [1.807, 2.05) is 7.05 Å². The first-order valence-corrected chi connectivity index (χ1v) is 6.37. The quantitative estimate of drug-likeness (QED) is 0.864. The Labute approximate surface area is 103 Å². The van der Waals surface area contributed by atoms with E-state index in [9.17, 15) is 4.39 Å². The molecule has 1 aliphatic heterocycles. The molecule has 1 aliphatic rings. The number of alkyl halides is 1. The molecule has 3 heteroatoms. The van der Waals surface area contributed by atoms with Crippen LogP contribution in [0.25, 0.3) is 0 Å². The zero-order valence-electron chi connectivity index (χ0n) is 10.7. The van der Waals surface area contributed by atoms with E-state index < -0.39 is 0 Å². The lowest BCUT2D eigenvalue weighted by Crippen LogP contribution is -2.31. The van der Waals surface area contributed by atoms with Crippen molar-refractivity contribution in [1.29, 1.82) is 0 Å². The molecule has 0 fully saturated rings. The van der Waals surface area contributed by atoms with Crippen LogP contribution in [0.3, 0.4) is 0 Å². The maximum atomic E-state index is 12.5. The first-order chi connectivity index (χ1) is 8.26. The minimum Gasteiger partial charge on any atom is -0.369 e. The SMILES string of the molecule is CNC(C)c1ccc2c(c1)CCCN2CCF. The minimum atomic E-state index is -0.270. The molecule has 0 amide bonds. The standard InChI is InChI=1S/C14H21FN2/c1-11(16-2)12-5-6-14-13(10-12)4-3-8-17(14)9-7-15/h5-6,10-11,16H,3-4,7-9H2,1-2H3. The van der Waals surface area contributed by atoms with Crippen molar-refractivity contribution in [2.75, 3.05) is 31.7 Å². The molecule has 1 aromatic rings. The van der Waals surface area contributed by atoms with Crippen LogP contribution in [0.1, 0.15) is 30.5 Å². The molecule has 94 valence electrons. The van der Waals surface area contributed by atoms with E-state index in [0.29, 0.717) is 12.6 Å². The van der Waals surface area contributed by atoms with Gasteiger partial charge in [-0.1, -0.05) is 12.1 Å². The van der Waals surface area contributed by atoms with Crippen molar-refractivity contribution in [3.05, 3.63) is 29.3 Å². The molecule has 0 bridgehead atoms. The van der Waals surface area contributed by atoms with E-state index in [4.69, 9.17) is 0 Å². The number of nitrogens with zero attached hydrogens (tertiary/aromatic N) is 1. The van der Waals surface area contributed by atoms with E-state index in [2.05, 4.69) is 35.3 Å². The van der Waals surface area contributed by atoms with E-state index >= 15 is 0 Å². The third-order valence-electron chi connectivity index (χ3n) is 3.61. The van der Waals surface area contributed by atoms with E-state index in [1.54, 1.807) is 0 Å². The fraction of sp³-hybridized carbons (Fsp3) is 0.571. The highest BCUT2D eigenvalue weighted by Crippen LogP contribution is 2.29. The summed E-state index contributed by atoms with van der Waals surface area (Å²) in [6.45, 7) is 3.39. The smallest absolute Gasteiger partial charge is 0.107 e. The van der Waals surface area contributed by atoms with Gasteiger partial charge in [0.25, 0.3) is 0 Å². The molecule has 1 atom stereocenters. The molecule has 0 aromatic heterocycles. The van der Waals surface area contributed by atoms with Gasteiger partial charge in [0.2, 0.25) is 0 Å². The number of fused-ring (bicyclic) bond motifs is 1. The van der Waals surface area contributed by atoms with Crippen LogP contribution in [-0.4, -0.2) is 26.8 Å². The summed E-state index contributed by atoms with van der Waals surface area (Å²) in [5.41, 5.74) is 3.90. The molecule has 2 nitrogen and oxygen atoms in total. The van der Waals surface area contributed by atoms with Crippen LogP contribution in [0.15, 0.2) is 18.2 Å². The van der Waals surface area contributed by atoms with Crippen molar-refractivity contribution in [3.63, 3.8) is 0 Å². The number of benzene rings is 1. The van der Waals surface area contributed by atoms with Crippen LogP contribution >= 0.6 is 0 Å². The van der Waals surface area contributed by atoms with Crippen LogP contribution in [0.2, 0.25) is 0 Å². The number of rotatable bonds is 4. The number of anilines is 1. The van der Waals surface area contributed by atoms with Crippen molar-refractivity contribution in [2.24, 2.45) is 0 Å². The Bertz CT molecular complexity index is 378. The van der Waals surface area contributed by atoms with Gasteiger partial charge in [0.1, 0.15) is 6.67 Å². The molecule has 0 saturated heterocycles. The maximum absolute atomic E-state index is 12.5. The highest BCUT2D eigenvalue weighted by molar-refractivity contribution is 5.57. The summed E-state index contributed by atoms with van der Waals surface area (Å²) < 4.78 is 12.5. The Morgan fingerprint density at radius 2 is 2.29 bits per heavy atom. The van der Waals surface area contributed by atoms with Crippen molar-refractivity contribution in [2.45, 2.75) is 25.8 Å². The summed E-state index contributed by atoms with van der Waals surface area (Å²) in [5.74, 6) is 0. The minimum absolute atomic E-state index is 0.270. The predicted molar refractivity (Wildman–Crippen MR) is 70.4 cm³/mol. The summed E-state index contributed by atoms with van der Waals surface area (Å²) in [4.78, 5) is 2.16. The number of hydrogen-bond donors (Lipinski definition) is 1. The number of halogens is 1. The summed E-state index contributed by atoms with van der Waals surface area (Å²) in [7, 11) is 1.97. The lowest BCUT2D eigenvalue weighted by molar-refractivity contribution is 0.485. The second kappa shape index (κ2) is 5.50. The van der Waals surface area contributed by atoms with E-state index in [0.717, 1.165) is 19.4 Å². The first-order valence-electron chi connectivity index (χ1n) is 6.37. The van der Waals surface area contributed by atoms with Gasteiger partial charge in [0.05, 0.1) is 0 Å². The molecule has 1 unspecified atom stereocenters. The maximum Gasteiger partial charge on any atom is 0.107 e. The zero-order chi connectivity index (χ0) is 12.3. The first kappa shape index (κ1) is 12.4. The van der Waals surface area contributed by atoms with Crippen molar-refractivity contribution < 1.29 is 4.39 Å². The van der Waals surface area contributed by atoms with Gasteiger partial charge >= 0.3 is 0 Å². The van der Waals surface area contributed by atoms with E-state index in [1.165, 1.54) is 16.8 Å². The Morgan fingerprint density at radius 1 is 1.47 bits per heavy atom. The number of hydrogen-bond acceptors (Lipinski definition) is 2. The topological polar surface area (TPSA) is 15.3 Å². The monoisotopic (exact) mass is 236 g/mol. The fourth-order valence-corrected chi connectivity index (χ4v) is 2.47. The van der Waals surface area contributed by atoms with Gasteiger partial charge in [-0.05, 0) is 44.0 Å². The van der Waals surface area contributed by atoms with Gasteiger partial charge < -0.3 is 10.2 Å². The molecular formula is C14H21FN2. The average Bonchev–Trinajstić information content (AvgIpc) is 2.38. The van der Waals surface area contributed by atoms with Crippen LogP contribution in [-0.2, 0) is 6.42 Å². The molecule has 0 saturated carbocycles. The van der Waals surface area contributed by atoms with Gasteiger partial charge in [-0.3, -0.25) is 0 Å². The highest BCUT2D eigenvalue weighted by atomic mass is 19.1. The van der Waals surface area contributed by atoms with Crippen LogP contribution in [0.5, 0.6) is 0 Å². The average molecular weight is 236 g/mol. The van der Waals surface area contributed by atoms with Crippen molar-refractivity contribution in [3.8, 4) is 0 Å². The largest absolute Gasteiger partial charge is 0.369 e. The van der Waals surface area contributed by atoms with Crippen molar-refractivity contribution >= 4 is 5.69 Å². The van der Waals surface area contributed by atoms with Crippen LogP contribution in [0.4, 0.5) is 10.1 Å². The molecule has 1 N–H and O–H groups in total. The Kier molecular flexibility index (Phi) is 4.00. The van der Waals surface area contributed by atoms with Gasteiger partial charge in [0.15, 0.2) is 0 Å². The lowest BCUT2D eigenvalue weighted by Gasteiger charge is -2.31. The second-order valence-corrected chi connectivity index (χ2v) is 4.68. The fourth-order valence-electron chi connectivity index (χ4n) is 2.47. The second-order valence-electron chi connectivity index (χ2n) is 4.68. The molecule has 0 radical (unpaired) electrons. The van der Waals surface area contributed by atoms with Crippen molar-refractivity contribution in [1.82, 2.24) is 5.32 Å². The summed E-state index contributed by atoms with van der Waals surface area (Å²) in [6, 6.07) is 6.93. The third-order valence-corrected chi connectivity index (χ3v) is 3.61. The van der Waals surface area contributed by atoms with Crippen LogP contribution in [0, 0.1) is 0 Å². The molecule has 1 aromatic carbocycles. The molecule has 1 heterocycles. The predicted octanol–water partition coefficient (Wildman–Crippen LogP) is 2.69. The Balaban J connectivity index is 2.26. The highest BCUT2D eigenvalue weighted by Gasteiger charge is 2.17. The Hall–Kier alpha value is -1.09. The summed E-state index contributed by atoms with van der Waals surface area (Å²) >= 11 is 0. The summed E-state index contributed by atoms with van der Waals surface area (Å²) in [5, 5.41) is 3.25. The Morgan fingerprint density at radius 3 is 3.00 bits per heavy atom. The van der Waals surface area contributed by atoms with Crippen LogP contribution < -0.4 is 10.2 Å². The molecule has 0 spiro atoms. The molecule has 0 aliphatic carbocycles. The van der Waals surface area contributed by atoms with Gasteiger partial charge in [0, 0.05) is 24.8 Å². The lowest BCUT2D eigenvalue weighted by atomic mass is 9.97. The molecular weight excluding hydrogens is 215 g/mol. The normalized spacial score (nSPS) is 16.8. The molecule has 2 rings (SSSR count). The summed E-state index contributed by atoms with van der Waals surface area (Å²) in [6.07, 6.45) is 2.24. The number of nitrogens with one attached hydrogen (secondary N) is 1. The van der Waals surface area contributed by atoms with Gasteiger partial charge in [-0.15, -0.1) is 0 Å². The number of aryl methyl sites for hydroxylation is 1. The van der Waals surface area contributed by atoms with Gasteiger partial charge in [-0.25, -0.2) is 4.39 Å². The zero-order valence-corrected chi connectivity index (χ0v) is 10.7.